The second kappa shape index (κ2) is 10.1. The van der Waals surface area contributed by atoms with Gasteiger partial charge in [0.2, 0.25) is 11.8 Å². The molecule has 1 heterocycles. The molecule has 2 atom stereocenters. The minimum atomic E-state index is -3.51. The predicted molar refractivity (Wildman–Crippen MR) is 147 cm³/mol. The van der Waals surface area contributed by atoms with Crippen LogP contribution in [0.2, 0.25) is 0 Å². The van der Waals surface area contributed by atoms with Crippen molar-refractivity contribution in [2.24, 2.45) is 0 Å². The first-order chi connectivity index (χ1) is 17.9. The zero-order chi connectivity index (χ0) is 26.0. The molecule has 5 rings (SSSR count). The molecule has 0 saturated heterocycles. The average molecular weight is 511 g/mol. The summed E-state index contributed by atoms with van der Waals surface area (Å²) in [5.41, 5.74) is 4.58. The van der Waals surface area contributed by atoms with E-state index in [1.165, 1.54) is 7.05 Å². The van der Waals surface area contributed by atoms with Crippen LogP contribution in [-0.4, -0.2) is 18.9 Å². The number of carbonyl (C=O) groups excluding carboxylic acids is 2. The topological polar surface area (TPSA) is 84.5 Å². The van der Waals surface area contributed by atoms with E-state index < -0.39 is 18.9 Å². The lowest BCUT2D eigenvalue weighted by molar-refractivity contribution is -0.126. The van der Waals surface area contributed by atoms with E-state index in [-0.39, 0.29) is 12.3 Å². The van der Waals surface area contributed by atoms with Gasteiger partial charge in [0.15, 0.2) is 0 Å². The van der Waals surface area contributed by atoms with Crippen LogP contribution in [0.25, 0.3) is 11.1 Å². The van der Waals surface area contributed by atoms with Crippen LogP contribution in [0.5, 0.6) is 5.75 Å². The van der Waals surface area contributed by atoms with Crippen LogP contribution in [0.4, 0.5) is 5.69 Å². The predicted octanol–water partition coefficient (Wildman–Crippen LogP) is 5.82. The molecule has 37 heavy (non-hydrogen) atoms. The fourth-order valence-electron chi connectivity index (χ4n) is 4.65. The summed E-state index contributed by atoms with van der Waals surface area (Å²) < 4.78 is 21.5. The Bertz CT molecular complexity index is 1510. The molecule has 2 unspecified atom stereocenters. The standard InChI is InChI=1S/C30H27N2O4P/c1-20-11-13-21(14-12-20)30(22-15-17-23(18-16-22)32-29(34)19-28(33)31-2)37(35)27-10-6-4-8-25(27)24-7-3-5-9-26(24)36-37/h3-18,30H,19H2,1-2H3,(H,31,33)(H,32,34). The Morgan fingerprint density at radius 2 is 1.38 bits per heavy atom. The Hall–Kier alpha value is -4.15. The lowest BCUT2D eigenvalue weighted by Crippen LogP contribution is -2.25. The Morgan fingerprint density at radius 1 is 0.784 bits per heavy atom. The van der Waals surface area contributed by atoms with Gasteiger partial charge in [-0.2, -0.15) is 0 Å². The molecule has 1 aliphatic heterocycles. The molecule has 1 aliphatic rings. The Morgan fingerprint density at radius 3 is 2.05 bits per heavy atom. The molecule has 2 amide bonds. The molecular formula is C30H27N2O4P. The zero-order valence-electron chi connectivity index (χ0n) is 20.6. The highest BCUT2D eigenvalue weighted by Gasteiger charge is 2.44. The SMILES string of the molecule is CNC(=O)CC(=O)Nc1ccc(C(c2ccc(C)cc2)P2(=O)Oc3ccccc3-c3ccccc32)cc1. The maximum Gasteiger partial charge on any atom is 0.289 e. The molecule has 0 fully saturated rings. The zero-order valence-corrected chi connectivity index (χ0v) is 21.5. The van der Waals surface area contributed by atoms with Gasteiger partial charge in [-0.3, -0.25) is 14.2 Å². The van der Waals surface area contributed by atoms with E-state index in [2.05, 4.69) is 10.6 Å². The van der Waals surface area contributed by atoms with Gasteiger partial charge < -0.3 is 15.2 Å². The molecule has 0 radical (unpaired) electrons. The number of hydrogen-bond donors (Lipinski definition) is 2. The van der Waals surface area contributed by atoms with Gasteiger partial charge in [-0.1, -0.05) is 78.4 Å². The number of anilines is 1. The smallest absolute Gasteiger partial charge is 0.289 e. The summed E-state index contributed by atoms with van der Waals surface area (Å²) in [4.78, 5) is 23.7. The van der Waals surface area contributed by atoms with Crippen molar-refractivity contribution < 1.29 is 18.7 Å². The summed E-state index contributed by atoms with van der Waals surface area (Å²) in [6.45, 7) is 2.01. The van der Waals surface area contributed by atoms with Crippen molar-refractivity contribution in [2.45, 2.75) is 19.0 Å². The van der Waals surface area contributed by atoms with Crippen molar-refractivity contribution >= 4 is 30.2 Å². The van der Waals surface area contributed by atoms with Crippen LogP contribution in [0, 0.1) is 6.92 Å². The second-order valence-corrected chi connectivity index (χ2v) is 11.4. The molecule has 0 bridgehead atoms. The number of benzene rings is 4. The number of amides is 2. The molecule has 186 valence electrons. The number of fused-ring (bicyclic) bond motifs is 3. The van der Waals surface area contributed by atoms with Crippen molar-refractivity contribution in [1.82, 2.24) is 5.32 Å². The number of aryl methyl sites for hydroxylation is 1. The number of carbonyl (C=O) groups is 2. The van der Waals surface area contributed by atoms with Gasteiger partial charge in [-0.25, -0.2) is 0 Å². The highest BCUT2D eigenvalue weighted by molar-refractivity contribution is 7.68. The van der Waals surface area contributed by atoms with Gasteiger partial charge in [0, 0.05) is 18.3 Å². The fraction of sp³-hybridized carbons (Fsp3) is 0.133. The van der Waals surface area contributed by atoms with Gasteiger partial charge in [-0.05, 0) is 47.9 Å². The molecule has 0 aromatic heterocycles. The molecule has 2 N–H and O–H groups in total. The summed E-state index contributed by atoms with van der Waals surface area (Å²) >= 11 is 0. The van der Waals surface area contributed by atoms with Crippen LogP contribution in [0.15, 0.2) is 97.1 Å². The van der Waals surface area contributed by atoms with Gasteiger partial charge in [0.25, 0.3) is 7.37 Å². The minimum Gasteiger partial charge on any atom is -0.439 e. The maximum absolute atomic E-state index is 15.1. The molecule has 4 aromatic carbocycles. The van der Waals surface area contributed by atoms with Crippen LogP contribution in [-0.2, 0) is 14.2 Å². The van der Waals surface area contributed by atoms with Crippen LogP contribution >= 0.6 is 7.37 Å². The quantitative estimate of drug-likeness (QED) is 0.253. The molecule has 7 heteroatoms. The molecular weight excluding hydrogens is 483 g/mol. The van der Waals surface area contributed by atoms with Gasteiger partial charge in [0.05, 0.1) is 5.30 Å². The molecule has 0 spiro atoms. The summed E-state index contributed by atoms with van der Waals surface area (Å²) in [7, 11) is -2.02. The van der Waals surface area contributed by atoms with E-state index in [1.54, 1.807) is 12.1 Å². The van der Waals surface area contributed by atoms with Crippen LogP contribution < -0.4 is 20.5 Å². The summed E-state index contributed by atoms with van der Waals surface area (Å²) in [5, 5.41) is 5.86. The largest absolute Gasteiger partial charge is 0.439 e. The summed E-state index contributed by atoms with van der Waals surface area (Å²) in [5.74, 6) is -0.170. The number of hydrogen-bond acceptors (Lipinski definition) is 4. The molecule has 6 nitrogen and oxygen atoms in total. The van der Waals surface area contributed by atoms with E-state index in [1.807, 2.05) is 91.9 Å². The monoisotopic (exact) mass is 510 g/mol. The summed E-state index contributed by atoms with van der Waals surface area (Å²) in [6.07, 6.45) is -0.260. The van der Waals surface area contributed by atoms with E-state index in [4.69, 9.17) is 4.52 Å². The third kappa shape index (κ3) is 4.81. The normalized spacial score (nSPS) is 16.5. The lowest BCUT2D eigenvalue weighted by atomic mass is 10.0. The van der Waals surface area contributed by atoms with E-state index in [0.29, 0.717) is 16.7 Å². The first kappa shape index (κ1) is 24.5. The van der Waals surface area contributed by atoms with Gasteiger partial charge >= 0.3 is 0 Å². The number of nitrogens with one attached hydrogen (secondary N) is 2. The highest BCUT2D eigenvalue weighted by atomic mass is 31.2. The number of para-hydroxylation sites is 1. The first-order valence-electron chi connectivity index (χ1n) is 12.0. The van der Waals surface area contributed by atoms with Crippen molar-refractivity contribution in [3.63, 3.8) is 0 Å². The van der Waals surface area contributed by atoms with Crippen LogP contribution in [0.1, 0.15) is 28.8 Å². The minimum absolute atomic E-state index is 0.260. The molecule has 0 aliphatic carbocycles. The lowest BCUT2D eigenvalue weighted by Gasteiger charge is -2.34. The summed E-state index contributed by atoms with van der Waals surface area (Å²) in [6, 6.07) is 30.6. The third-order valence-corrected chi connectivity index (χ3v) is 9.30. The van der Waals surface area contributed by atoms with E-state index in [0.717, 1.165) is 27.8 Å². The van der Waals surface area contributed by atoms with Crippen molar-refractivity contribution in [1.29, 1.82) is 0 Å². The van der Waals surface area contributed by atoms with Crippen molar-refractivity contribution in [3.8, 4) is 16.9 Å². The van der Waals surface area contributed by atoms with E-state index in [9.17, 15) is 9.59 Å². The Labute approximate surface area is 216 Å². The van der Waals surface area contributed by atoms with Gasteiger partial charge in [-0.15, -0.1) is 0 Å². The van der Waals surface area contributed by atoms with Crippen molar-refractivity contribution in [2.75, 3.05) is 12.4 Å². The Balaban J connectivity index is 1.59. The van der Waals surface area contributed by atoms with Crippen LogP contribution in [0.3, 0.4) is 0 Å². The Kier molecular flexibility index (Phi) is 6.68. The third-order valence-electron chi connectivity index (χ3n) is 6.49. The average Bonchev–Trinajstić information content (AvgIpc) is 2.91. The first-order valence-corrected chi connectivity index (χ1v) is 13.7. The maximum atomic E-state index is 15.1. The van der Waals surface area contributed by atoms with E-state index >= 15 is 4.57 Å². The fourth-order valence-corrected chi connectivity index (χ4v) is 7.54. The second-order valence-electron chi connectivity index (χ2n) is 9.03. The van der Waals surface area contributed by atoms with Crippen molar-refractivity contribution in [3.05, 3.63) is 114 Å². The van der Waals surface area contributed by atoms with Gasteiger partial charge in [0.1, 0.15) is 17.8 Å². The molecule has 0 saturated carbocycles. The highest BCUT2D eigenvalue weighted by Crippen LogP contribution is 2.65. The molecule has 4 aromatic rings. The number of rotatable bonds is 6.